The summed E-state index contributed by atoms with van der Waals surface area (Å²) in [6.07, 6.45) is 10.9. The van der Waals surface area contributed by atoms with E-state index in [9.17, 15) is 42.3 Å². The van der Waals surface area contributed by atoms with E-state index in [2.05, 4.69) is 26.6 Å². The van der Waals surface area contributed by atoms with Gasteiger partial charge in [0.25, 0.3) is 0 Å². The minimum atomic E-state index is -1.04. The number of unbranched alkanes of at least 4 members (excludes halogenated alkanes) is 2. The topological polar surface area (TPSA) is 335 Å². The van der Waals surface area contributed by atoms with Gasteiger partial charge in [-0.3, -0.25) is 14.4 Å². The van der Waals surface area contributed by atoms with Crippen LogP contribution in [0.3, 0.4) is 0 Å². The minimum absolute atomic E-state index is 0. The highest BCUT2D eigenvalue weighted by Gasteiger charge is 2.43. The fraction of sp³-hybridized carbons (Fsp3) is 0.657. The number of amides is 5. The minimum Gasteiger partial charge on any atom is -0.489 e. The number of ketones is 3. The highest BCUT2D eigenvalue weighted by Crippen LogP contribution is 2.34. The number of hydrogen-bond donors (Lipinski definition) is 8. The van der Waals surface area contributed by atoms with E-state index in [1.54, 1.807) is 45.0 Å². The molecule has 0 aromatic heterocycles. The van der Waals surface area contributed by atoms with Crippen molar-refractivity contribution in [1.29, 1.82) is 0 Å². The maximum atomic E-state index is 12.8. The van der Waals surface area contributed by atoms with Gasteiger partial charge in [-0.2, -0.15) is 23.5 Å². The Morgan fingerprint density at radius 2 is 0.958 bits per heavy atom. The highest BCUT2D eigenvalue weighted by molar-refractivity contribution is 8.00. The molecule has 4 fully saturated rings. The molecule has 6 rings (SSSR count). The number of urea groups is 2. The van der Waals surface area contributed by atoms with Crippen molar-refractivity contribution in [2.75, 3.05) is 124 Å². The van der Waals surface area contributed by atoms with E-state index in [-0.39, 0.29) is 92.7 Å². The number of carbonyl (C=O) groups is 7. The van der Waals surface area contributed by atoms with Crippen LogP contribution in [0.25, 0.3) is 0 Å². The lowest BCUT2D eigenvalue weighted by Crippen LogP contribution is -2.36. The van der Waals surface area contributed by atoms with Crippen LogP contribution in [0.1, 0.15) is 139 Å². The molecule has 4 aliphatic heterocycles. The molecule has 2 aromatic carbocycles. The Balaban J connectivity index is 0.000000392. The molecule has 5 amide bonds. The number of rotatable bonds is 47. The van der Waals surface area contributed by atoms with Gasteiger partial charge in [0.15, 0.2) is 5.78 Å². The van der Waals surface area contributed by atoms with Crippen molar-refractivity contribution >= 4 is 65.0 Å². The molecular formula is C67H105F2N7O17S2. The van der Waals surface area contributed by atoms with Gasteiger partial charge < -0.3 is 85.8 Å². The molecule has 6 unspecified atom stereocenters. The van der Waals surface area contributed by atoms with Crippen molar-refractivity contribution in [3.63, 3.8) is 0 Å². The molecule has 4 aliphatic rings. The second-order valence-corrected chi connectivity index (χ2v) is 26.1. The van der Waals surface area contributed by atoms with Crippen molar-refractivity contribution in [1.82, 2.24) is 26.6 Å². The summed E-state index contributed by atoms with van der Waals surface area (Å²) >= 11 is 3.83. The Morgan fingerprint density at radius 3 is 1.37 bits per heavy atom. The van der Waals surface area contributed by atoms with E-state index in [1.807, 2.05) is 23.5 Å². The standard InChI is InChI=1S/C31H46FN3O7S.C19H35N3O5S.C16H20FNO5.CH4/c32-19-23(20-33)21-42-26-11-9-24(10-12-26)28(37)7-4-14-40-16-18-41-17-15-39-13-3-6-25(36)5-1-2-8-29-30-27(22-43-29)34-31(38)35-30;20-7-9-26-11-13-27-12-10-25-8-3-5-15(23)4-1-2-6-17-18-16(14-28-17)21-19(24)22-18;1-16(2,3)23-15(21)18-9-11(8-17)10-22-13-6-4-12(5-7-13)14(19)20;/h9-12,19,27,29-30H,1-8,13-18,20-22,33H2,(H2,34,35,38);16-18H,1-14,20H2,(H2,21,22,24);4-8H,9-10H2,1-3H3,(H,18,21)(H,19,20);1H4/b23-19+;;11-8+;. The Morgan fingerprint density at radius 1 is 0.558 bits per heavy atom. The summed E-state index contributed by atoms with van der Waals surface area (Å²) in [5.74, 6) is 2.46. The number of Topliss-reactive ketones (excluding diaryl/α,β-unsaturated/α-hetero) is 3. The normalized spacial score (nSPS) is 18.6. The molecule has 6 atom stereocenters. The third-order valence-corrected chi connectivity index (χ3v) is 17.8. The average molecular weight is 1380 g/mol. The van der Waals surface area contributed by atoms with Crippen LogP contribution in [0.5, 0.6) is 11.5 Å². The Kier molecular flexibility index (Phi) is 43.4. The van der Waals surface area contributed by atoms with Crippen molar-refractivity contribution in [2.24, 2.45) is 11.5 Å². The first-order chi connectivity index (χ1) is 45.4. The fourth-order valence-electron chi connectivity index (χ4n) is 9.80. The summed E-state index contributed by atoms with van der Waals surface area (Å²) in [7, 11) is 0. The van der Waals surface area contributed by atoms with Crippen LogP contribution in [0, 0.1) is 0 Å². The number of hydrogen-bond acceptors (Lipinski definition) is 20. The lowest BCUT2D eigenvalue weighted by atomic mass is 10.0. The van der Waals surface area contributed by atoms with Gasteiger partial charge in [-0.1, -0.05) is 20.3 Å². The number of carboxylic acid groups (broad SMARTS) is 1. The number of halogens is 2. The monoisotopic (exact) mass is 1380 g/mol. The molecule has 95 heavy (non-hydrogen) atoms. The van der Waals surface area contributed by atoms with E-state index >= 15 is 0 Å². The van der Waals surface area contributed by atoms with Gasteiger partial charge in [0.2, 0.25) is 0 Å². The number of thioether (sulfide) groups is 2. The number of benzene rings is 2. The average Bonchev–Trinajstić information content (AvgIpc) is 1.71. The number of aromatic carboxylic acids is 1. The lowest BCUT2D eigenvalue weighted by Gasteiger charge is -2.20. The second-order valence-electron chi connectivity index (χ2n) is 23.5. The molecular weight excluding hydrogens is 1280 g/mol. The smallest absolute Gasteiger partial charge is 0.407 e. The Hall–Kier alpha value is -5.95. The molecule has 536 valence electrons. The maximum absolute atomic E-state index is 12.8. The van der Waals surface area contributed by atoms with Gasteiger partial charge in [0, 0.05) is 110 Å². The zero-order valence-electron chi connectivity index (χ0n) is 54.8. The van der Waals surface area contributed by atoms with E-state index in [4.69, 9.17) is 59.2 Å². The molecule has 0 saturated carbocycles. The predicted octanol–water partition coefficient (Wildman–Crippen LogP) is 8.81. The molecule has 28 heteroatoms. The van der Waals surface area contributed by atoms with Gasteiger partial charge in [-0.25, -0.2) is 28.0 Å². The van der Waals surface area contributed by atoms with Crippen LogP contribution in [0.2, 0.25) is 0 Å². The maximum Gasteiger partial charge on any atom is 0.407 e. The number of carbonyl (C=O) groups excluding carboxylic acids is 6. The van der Waals surface area contributed by atoms with Crippen LogP contribution in [0.4, 0.5) is 23.2 Å². The van der Waals surface area contributed by atoms with Crippen LogP contribution in [-0.4, -0.2) is 210 Å². The molecule has 4 saturated heterocycles. The first kappa shape index (κ1) is 83.3. The van der Waals surface area contributed by atoms with Crippen molar-refractivity contribution in [3.05, 3.63) is 83.5 Å². The van der Waals surface area contributed by atoms with E-state index < -0.39 is 17.7 Å². The number of alkyl carbamates (subject to hydrolysis) is 1. The lowest BCUT2D eigenvalue weighted by molar-refractivity contribution is -0.120. The first-order valence-electron chi connectivity index (χ1n) is 32.4. The molecule has 0 bridgehead atoms. The van der Waals surface area contributed by atoms with Crippen molar-refractivity contribution < 1.29 is 90.1 Å². The summed E-state index contributed by atoms with van der Waals surface area (Å²) in [6, 6.07) is 13.4. The van der Waals surface area contributed by atoms with E-state index in [0.29, 0.717) is 182 Å². The number of fused-ring (bicyclic) bond motifs is 2. The zero-order chi connectivity index (χ0) is 68.2. The molecule has 0 radical (unpaired) electrons. The van der Waals surface area contributed by atoms with E-state index in [1.165, 1.54) is 24.3 Å². The molecule has 0 aliphatic carbocycles. The number of nitrogens with one attached hydrogen (secondary N) is 5. The predicted molar refractivity (Wildman–Crippen MR) is 363 cm³/mol. The molecule has 0 spiro atoms. The summed E-state index contributed by atoms with van der Waals surface area (Å²) in [4.78, 5) is 81.4. The summed E-state index contributed by atoms with van der Waals surface area (Å²) in [5, 5.41) is 24.1. The number of carboxylic acids is 1. The van der Waals surface area contributed by atoms with Gasteiger partial charge in [-0.05, 0) is 114 Å². The van der Waals surface area contributed by atoms with Crippen molar-refractivity contribution in [3.8, 4) is 11.5 Å². The van der Waals surface area contributed by atoms with Crippen LogP contribution in [-0.2, 0) is 42.7 Å². The Labute approximate surface area is 567 Å². The summed E-state index contributed by atoms with van der Waals surface area (Å²) in [5.41, 5.74) is 11.4. The summed E-state index contributed by atoms with van der Waals surface area (Å²) in [6.45, 7) is 11.9. The quantitative estimate of drug-likeness (QED) is 0.0174. The van der Waals surface area contributed by atoms with Gasteiger partial charge in [0.05, 0.1) is 102 Å². The van der Waals surface area contributed by atoms with Crippen LogP contribution in [0.15, 0.2) is 72.3 Å². The molecule has 24 nitrogen and oxygen atoms in total. The van der Waals surface area contributed by atoms with Gasteiger partial charge >= 0.3 is 24.1 Å². The van der Waals surface area contributed by atoms with Crippen molar-refractivity contribution in [2.45, 2.75) is 158 Å². The third kappa shape index (κ3) is 36.8. The number of ether oxygens (including phenoxy) is 9. The zero-order valence-corrected chi connectivity index (χ0v) is 56.4. The van der Waals surface area contributed by atoms with Crippen LogP contribution >= 0.6 is 23.5 Å². The van der Waals surface area contributed by atoms with Gasteiger partial charge in [-0.15, -0.1) is 0 Å². The second kappa shape index (κ2) is 49.5. The van der Waals surface area contributed by atoms with Gasteiger partial charge in [0.1, 0.15) is 41.9 Å². The third-order valence-electron chi connectivity index (χ3n) is 14.8. The Bertz CT molecular complexity index is 2610. The van der Waals surface area contributed by atoms with Crippen LogP contribution < -0.4 is 47.5 Å². The first-order valence-corrected chi connectivity index (χ1v) is 34.5. The number of nitrogens with two attached hydrogens (primary N) is 2. The summed E-state index contributed by atoms with van der Waals surface area (Å²) < 4.78 is 73.8. The SMILES string of the molecule is C.CC(C)(C)OC(=O)NC/C(=C\F)COc1ccc(C(=O)O)cc1.NC/C(=C\F)COc1ccc(C(=O)CCCOCCOCCOCCCC(=O)CCCCC2SCC3NC(=O)NC32)cc1.NCCOCCOCCOCCCC(=O)CCCCC1SCC2NC(=O)NC21. The molecule has 10 N–H and O–H groups in total. The van der Waals surface area contributed by atoms with E-state index in [0.717, 1.165) is 56.5 Å². The molecule has 2 aromatic rings. The highest BCUT2D eigenvalue weighted by atomic mass is 32.2. The molecule has 4 heterocycles. The fourth-order valence-corrected chi connectivity index (χ4v) is 12.9. The largest absolute Gasteiger partial charge is 0.489 e.